The number of carbonyl (C=O) groups is 3. The van der Waals surface area contributed by atoms with Crippen molar-refractivity contribution in [1.29, 1.82) is 0 Å². The number of hydrogen-bond acceptors (Lipinski definition) is 4. The van der Waals surface area contributed by atoms with Crippen molar-refractivity contribution >= 4 is 28.6 Å². The van der Waals surface area contributed by atoms with Crippen molar-refractivity contribution in [3.8, 4) is 5.75 Å². The number of carbonyl (C=O) groups excluding carboxylic acids is 2. The molecule has 0 unspecified atom stereocenters. The number of aliphatic carboxylic acids is 1. The van der Waals surface area contributed by atoms with Crippen LogP contribution in [-0.2, 0) is 4.79 Å². The van der Waals surface area contributed by atoms with Crippen molar-refractivity contribution in [1.82, 2.24) is 10.6 Å². The molecule has 3 aromatic rings. The Balaban J connectivity index is 1.06. The summed E-state index contributed by atoms with van der Waals surface area (Å²) in [4.78, 5) is 36.2. The summed E-state index contributed by atoms with van der Waals surface area (Å²) >= 11 is 0. The van der Waals surface area contributed by atoms with Gasteiger partial charge in [-0.25, -0.2) is 0 Å². The number of fused-ring (bicyclic) bond motifs is 1. The molecule has 2 aliphatic rings. The van der Waals surface area contributed by atoms with Gasteiger partial charge in [0.15, 0.2) is 0 Å². The van der Waals surface area contributed by atoms with Crippen LogP contribution in [0.3, 0.4) is 0 Å². The Morgan fingerprint density at radius 2 is 1.35 bits per heavy atom. The number of hydrogen-bond donors (Lipinski definition) is 3. The number of nitrogens with one attached hydrogen (secondary N) is 2. The standard InChI is InChI=1S/C30H32N2O5/c33-28(21-7-11-26(12-8-21)37-27-13-9-22(10-14-27)30(35)36)31-15-16-32-29(34)24-6-4-20-3-5-23(19-1-2-19)17-25(20)18-24/h3-8,11-12,17-19,22,27H,1-2,9-10,13-16H2,(H,31,33)(H,32,34)(H,35,36)/t22-,27+. The summed E-state index contributed by atoms with van der Waals surface area (Å²) in [6.45, 7) is 0.639. The first kappa shape index (κ1) is 24.8. The normalized spacial score (nSPS) is 19.2. The molecule has 0 atom stereocenters. The molecule has 0 heterocycles. The molecule has 37 heavy (non-hydrogen) atoms. The summed E-state index contributed by atoms with van der Waals surface area (Å²) in [5.41, 5.74) is 2.46. The minimum atomic E-state index is -0.732. The van der Waals surface area contributed by atoms with Crippen LogP contribution >= 0.6 is 0 Å². The van der Waals surface area contributed by atoms with E-state index in [1.54, 1.807) is 24.3 Å². The molecule has 3 aromatic carbocycles. The molecule has 5 rings (SSSR count). The molecule has 192 valence electrons. The van der Waals surface area contributed by atoms with Crippen LogP contribution in [0.5, 0.6) is 5.75 Å². The van der Waals surface area contributed by atoms with Crippen molar-refractivity contribution in [3.05, 3.63) is 77.4 Å². The van der Waals surface area contributed by atoms with E-state index >= 15 is 0 Å². The van der Waals surface area contributed by atoms with Crippen molar-refractivity contribution in [2.45, 2.75) is 50.5 Å². The highest BCUT2D eigenvalue weighted by molar-refractivity contribution is 5.99. The molecular formula is C30H32N2O5. The number of benzene rings is 3. The van der Waals surface area contributed by atoms with Crippen LogP contribution in [0.1, 0.15) is 70.7 Å². The van der Waals surface area contributed by atoms with Crippen LogP contribution in [0.2, 0.25) is 0 Å². The number of carboxylic acid groups (broad SMARTS) is 1. The second-order valence-electron chi connectivity index (χ2n) is 10.1. The number of ether oxygens (including phenoxy) is 1. The molecule has 0 aliphatic heterocycles. The molecule has 2 fully saturated rings. The van der Waals surface area contributed by atoms with Gasteiger partial charge in [-0.1, -0.05) is 24.3 Å². The molecule has 3 N–H and O–H groups in total. The predicted octanol–water partition coefficient (Wildman–Crippen LogP) is 4.90. The molecule has 2 amide bonds. The van der Waals surface area contributed by atoms with Crippen LogP contribution in [0.4, 0.5) is 0 Å². The lowest BCUT2D eigenvalue weighted by Crippen LogP contribution is -2.34. The lowest BCUT2D eigenvalue weighted by atomic mass is 9.87. The monoisotopic (exact) mass is 500 g/mol. The molecule has 0 saturated heterocycles. The molecule has 2 saturated carbocycles. The highest BCUT2D eigenvalue weighted by Crippen LogP contribution is 2.41. The summed E-state index contributed by atoms with van der Waals surface area (Å²) in [7, 11) is 0. The minimum absolute atomic E-state index is 0.00161. The molecule has 0 radical (unpaired) electrons. The summed E-state index contributed by atoms with van der Waals surface area (Å²) in [5.74, 6) is -0.0532. The van der Waals surface area contributed by atoms with Crippen molar-refractivity contribution in [2.75, 3.05) is 13.1 Å². The minimum Gasteiger partial charge on any atom is -0.490 e. The zero-order valence-electron chi connectivity index (χ0n) is 20.7. The smallest absolute Gasteiger partial charge is 0.306 e. The van der Waals surface area contributed by atoms with E-state index in [0.717, 1.165) is 10.8 Å². The van der Waals surface area contributed by atoms with Crippen LogP contribution in [0.25, 0.3) is 10.8 Å². The van der Waals surface area contributed by atoms with Gasteiger partial charge in [0.2, 0.25) is 0 Å². The highest BCUT2D eigenvalue weighted by Gasteiger charge is 2.27. The third-order valence-electron chi connectivity index (χ3n) is 7.31. The number of amides is 2. The zero-order valence-corrected chi connectivity index (χ0v) is 20.7. The van der Waals surface area contributed by atoms with Gasteiger partial charge < -0.3 is 20.5 Å². The Morgan fingerprint density at radius 1 is 0.730 bits per heavy atom. The van der Waals surface area contributed by atoms with Gasteiger partial charge in [-0.3, -0.25) is 14.4 Å². The molecule has 2 aliphatic carbocycles. The van der Waals surface area contributed by atoms with E-state index in [9.17, 15) is 14.4 Å². The van der Waals surface area contributed by atoms with E-state index in [-0.39, 0.29) is 23.8 Å². The quantitative estimate of drug-likeness (QED) is 0.363. The molecule has 0 bridgehead atoms. The van der Waals surface area contributed by atoms with Gasteiger partial charge in [-0.15, -0.1) is 0 Å². The molecule has 0 aromatic heterocycles. The van der Waals surface area contributed by atoms with Gasteiger partial charge in [0.25, 0.3) is 11.8 Å². The van der Waals surface area contributed by atoms with Crippen LogP contribution in [0.15, 0.2) is 60.7 Å². The molecule has 7 heteroatoms. The molecule has 7 nitrogen and oxygen atoms in total. The van der Waals surface area contributed by atoms with Gasteiger partial charge in [0, 0.05) is 24.2 Å². The first-order valence-electron chi connectivity index (χ1n) is 13.1. The van der Waals surface area contributed by atoms with E-state index in [1.165, 1.54) is 18.4 Å². The van der Waals surface area contributed by atoms with Crippen molar-refractivity contribution in [2.24, 2.45) is 5.92 Å². The summed E-state index contributed by atoms with van der Waals surface area (Å²) in [6, 6.07) is 19.1. The summed E-state index contributed by atoms with van der Waals surface area (Å²) < 4.78 is 5.96. The Kier molecular flexibility index (Phi) is 7.40. The fraction of sp³-hybridized carbons (Fsp3) is 0.367. The second-order valence-corrected chi connectivity index (χ2v) is 10.1. The van der Waals surface area contributed by atoms with Gasteiger partial charge >= 0.3 is 5.97 Å². The van der Waals surface area contributed by atoms with Crippen molar-refractivity contribution < 1.29 is 24.2 Å². The maximum atomic E-state index is 12.6. The topological polar surface area (TPSA) is 105 Å². The lowest BCUT2D eigenvalue weighted by Gasteiger charge is -2.26. The lowest BCUT2D eigenvalue weighted by molar-refractivity contribution is -0.143. The maximum absolute atomic E-state index is 12.6. The first-order valence-corrected chi connectivity index (χ1v) is 13.1. The molecule has 0 spiro atoms. The Labute approximate surface area is 216 Å². The second kappa shape index (κ2) is 11.0. The third kappa shape index (κ3) is 6.28. The third-order valence-corrected chi connectivity index (χ3v) is 7.31. The maximum Gasteiger partial charge on any atom is 0.306 e. The first-order chi connectivity index (χ1) is 18.0. The van der Waals surface area contributed by atoms with Crippen molar-refractivity contribution in [3.63, 3.8) is 0 Å². The van der Waals surface area contributed by atoms with E-state index in [4.69, 9.17) is 9.84 Å². The van der Waals surface area contributed by atoms with Gasteiger partial charge in [0.1, 0.15) is 5.75 Å². The average molecular weight is 501 g/mol. The number of carboxylic acids is 1. The molecular weight excluding hydrogens is 468 g/mol. The van der Waals surface area contributed by atoms with E-state index in [2.05, 4.69) is 28.8 Å². The summed E-state index contributed by atoms with van der Waals surface area (Å²) in [6.07, 6.45) is 5.16. The number of rotatable bonds is 9. The fourth-order valence-corrected chi connectivity index (χ4v) is 4.94. The van der Waals surface area contributed by atoms with Crippen LogP contribution < -0.4 is 15.4 Å². The highest BCUT2D eigenvalue weighted by atomic mass is 16.5. The van der Waals surface area contributed by atoms with Crippen LogP contribution in [-0.4, -0.2) is 42.1 Å². The SMILES string of the molecule is O=C(NCCNC(=O)c1ccc2ccc(C3CC3)cc2c1)c1ccc(O[C@H]2CC[C@@H](C(=O)O)CC2)cc1. The fourth-order valence-electron chi connectivity index (χ4n) is 4.94. The Morgan fingerprint density at radius 3 is 2.00 bits per heavy atom. The summed E-state index contributed by atoms with van der Waals surface area (Å²) in [5, 5.41) is 17.0. The van der Waals surface area contributed by atoms with E-state index in [0.29, 0.717) is 61.6 Å². The largest absolute Gasteiger partial charge is 0.490 e. The predicted molar refractivity (Wildman–Crippen MR) is 141 cm³/mol. The Hall–Kier alpha value is -3.87. The van der Waals surface area contributed by atoms with E-state index < -0.39 is 5.97 Å². The zero-order chi connectivity index (χ0) is 25.8. The van der Waals surface area contributed by atoms with Gasteiger partial charge in [-0.05, 0) is 97.2 Å². The average Bonchev–Trinajstić information content (AvgIpc) is 3.77. The van der Waals surface area contributed by atoms with Crippen LogP contribution in [0, 0.1) is 5.92 Å². The van der Waals surface area contributed by atoms with Gasteiger partial charge in [-0.2, -0.15) is 0 Å². The van der Waals surface area contributed by atoms with Gasteiger partial charge in [0.05, 0.1) is 12.0 Å². The Bertz CT molecular complexity index is 1290. The van der Waals surface area contributed by atoms with E-state index in [1.807, 2.05) is 18.2 Å².